The summed E-state index contributed by atoms with van der Waals surface area (Å²) in [5.74, 6) is -3.02. The monoisotopic (exact) mass is 672 g/mol. The Hall–Kier alpha value is -3.71. The van der Waals surface area contributed by atoms with Gasteiger partial charge < -0.3 is 10.4 Å². The molecule has 1 amide bonds. The molecule has 19 heteroatoms. The van der Waals surface area contributed by atoms with E-state index in [2.05, 4.69) is 15.0 Å². The van der Waals surface area contributed by atoms with Crippen LogP contribution in [0, 0.1) is 0 Å². The second-order valence-corrected chi connectivity index (χ2v) is 14.0. The van der Waals surface area contributed by atoms with Crippen molar-refractivity contribution in [3.63, 3.8) is 0 Å². The number of hydrogen-bond donors (Lipinski definition) is 4. The number of sulfonamides is 2. The summed E-state index contributed by atoms with van der Waals surface area (Å²) in [6.07, 6.45) is -9.91. The van der Waals surface area contributed by atoms with E-state index in [-0.39, 0.29) is 12.8 Å². The molecule has 0 bridgehead atoms. The van der Waals surface area contributed by atoms with Crippen molar-refractivity contribution in [3.8, 4) is 0 Å². The maximum absolute atomic E-state index is 13.1. The summed E-state index contributed by atoms with van der Waals surface area (Å²) in [5.41, 5.74) is -0.519. The second kappa shape index (κ2) is 12.4. The zero-order valence-corrected chi connectivity index (χ0v) is 24.5. The van der Waals surface area contributed by atoms with Crippen molar-refractivity contribution in [1.82, 2.24) is 14.8 Å². The number of carbonyl (C=O) groups is 2. The Bertz CT molecular complexity index is 1660. The Balaban J connectivity index is 0.000000676. The molecule has 4 rings (SSSR count). The van der Waals surface area contributed by atoms with E-state index >= 15 is 0 Å². The average Bonchev–Trinajstić information content (AvgIpc) is 3.39. The maximum atomic E-state index is 13.1. The highest BCUT2D eigenvalue weighted by molar-refractivity contribution is 7.90. The molecule has 2 aliphatic rings. The highest BCUT2D eigenvalue weighted by Gasteiger charge is 2.39. The smallest absolute Gasteiger partial charge is 0.475 e. The molecular formula is C25H26F6N4O7S2. The summed E-state index contributed by atoms with van der Waals surface area (Å²) >= 11 is 0. The van der Waals surface area contributed by atoms with Crippen LogP contribution >= 0.6 is 0 Å². The van der Waals surface area contributed by atoms with Gasteiger partial charge in [-0.25, -0.2) is 26.4 Å². The fourth-order valence-corrected chi connectivity index (χ4v) is 6.82. The number of nitrogens with one attached hydrogen (secondary N) is 3. The predicted molar refractivity (Wildman–Crippen MR) is 143 cm³/mol. The van der Waals surface area contributed by atoms with Gasteiger partial charge in [-0.2, -0.15) is 26.3 Å². The minimum absolute atomic E-state index is 0.0784. The highest BCUT2D eigenvalue weighted by Crippen LogP contribution is 2.32. The van der Waals surface area contributed by atoms with E-state index in [1.807, 2.05) is 18.6 Å². The molecule has 2 aliphatic heterocycles. The van der Waals surface area contributed by atoms with Gasteiger partial charge in [-0.1, -0.05) is 30.3 Å². The van der Waals surface area contributed by atoms with Gasteiger partial charge in [0.15, 0.2) is 0 Å². The van der Waals surface area contributed by atoms with Crippen LogP contribution in [0.4, 0.5) is 26.3 Å². The molecule has 2 atom stereocenters. The van der Waals surface area contributed by atoms with Crippen LogP contribution in [-0.2, 0) is 42.2 Å². The lowest BCUT2D eigenvalue weighted by Gasteiger charge is -2.24. The van der Waals surface area contributed by atoms with Gasteiger partial charge in [0.2, 0.25) is 26.0 Å². The van der Waals surface area contributed by atoms with E-state index in [0.29, 0.717) is 29.6 Å². The molecule has 0 saturated carbocycles. The number of carbonyl (C=O) groups excluding carboxylic acids is 1. The largest absolute Gasteiger partial charge is 0.490 e. The van der Waals surface area contributed by atoms with Gasteiger partial charge in [0.05, 0.1) is 35.0 Å². The van der Waals surface area contributed by atoms with Crippen LogP contribution in [0.5, 0.6) is 0 Å². The third-order valence-corrected chi connectivity index (χ3v) is 9.42. The van der Waals surface area contributed by atoms with Gasteiger partial charge in [-0.3, -0.25) is 14.5 Å². The van der Waals surface area contributed by atoms with Gasteiger partial charge in [0, 0.05) is 0 Å². The van der Waals surface area contributed by atoms with Gasteiger partial charge >= 0.3 is 18.3 Å². The van der Waals surface area contributed by atoms with E-state index in [0.717, 1.165) is 18.2 Å². The molecule has 2 aromatic rings. The first-order valence-corrected chi connectivity index (χ1v) is 15.5. The molecule has 44 heavy (non-hydrogen) atoms. The molecular weight excluding hydrogens is 646 g/mol. The van der Waals surface area contributed by atoms with Crippen LogP contribution in [0.15, 0.2) is 58.4 Å². The van der Waals surface area contributed by atoms with Crippen LogP contribution < -0.4 is 14.8 Å². The van der Waals surface area contributed by atoms with E-state index in [1.165, 1.54) is 0 Å². The normalized spacial score (nSPS) is 20.0. The number of hydrogen-bond acceptors (Lipinski definition) is 8. The third kappa shape index (κ3) is 8.91. The molecule has 0 spiro atoms. The molecule has 1 fully saturated rings. The van der Waals surface area contributed by atoms with Crippen molar-refractivity contribution >= 4 is 37.8 Å². The van der Waals surface area contributed by atoms with Gasteiger partial charge in [-0.05, 0) is 49.6 Å². The van der Waals surface area contributed by atoms with Crippen LogP contribution in [0.3, 0.4) is 0 Å². The van der Waals surface area contributed by atoms with E-state index < -0.39 is 71.6 Å². The second-order valence-electron chi connectivity index (χ2n) is 10.4. The molecule has 2 heterocycles. The number of nitrogens with zero attached hydrogens (tertiary/aromatic N) is 1. The van der Waals surface area contributed by atoms with Gasteiger partial charge in [0.1, 0.15) is 11.1 Å². The zero-order chi connectivity index (χ0) is 33.3. The highest BCUT2D eigenvalue weighted by atomic mass is 32.2. The van der Waals surface area contributed by atoms with E-state index in [1.54, 1.807) is 24.3 Å². The molecule has 0 aliphatic carbocycles. The summed E-state index contributed by atoms with van der Waals surface area (Å²) in [7, 11) is -8.20. The number of aliphatic imine (C=N–C) groups is 1. The Morgan fingerprint density at radius 3 is 2.16 bits per heavy atom. The zero-order valence-electron chi connectivity index (χ0n) is 22.8. The lowest BCUT2D eigenvalue weighted by atomic mass is 10.0. The van der Waals surface area contributed by atoms with Crippen molar-refractivity contribution in [3.05, 3.63) is 65.2 Å². The Kier molecular flexibility index (Phi) is 9.76. The summed E-state index contributed by atoms with van der Waals surface area (Å²) in [5, 5.41) is 9.25. The molecule has 11 nitrogen and oxygen atoms in total. The first kappa shape index (κ1) is 34.8. The van der Waals surface area contributed by atoms with Crippen LogP contribution in [-0.4, -0.2) is 64.0 Å². The van der Waals surface area contributed by atoms with Crippen LogP contribution in [0.1, 0.15) is 42.2 Å². The summed E-state index contributed by atoms with van der Waals surface area (Å²) in [4.78, 5) is 24.3. The van der Waals surface area contributed by atoms with Crippen molar-refractivity contribution < 1.29 is 57.9 Å². The molecule has 242 valence electrons. The topological polar surface area (TPSA) is 171 Å². The van der Waals surface area contributed by atoms with Crippen molar-refractivity contribution in [2.45, 2.75) is 60.8 Å². The van der Waals surface area contributed by atoms with E-state index in [4.69, 9.17) is 9.90 Å². The number of carboxylic acid groups (broad SMARTS) is 1. The lowest BCUT2D eigenvalue weighted by molar-refractivity contribution is -0.192. The molecule has 0 aromatic heterocycles. The number of halogens is 6. The van der Waals surface area contributed by atoms with Crippen molar-refractivity contribution in [2.75, 3.05) is 6.54 Å². The standard InChI is InChI=1S/C23H25F3N4O5S2.C2HF3O2/c1-22(2)13-27-21(28-22)18(29-36(32,33)17-5-3-4-16(11-17)23(24,25)26)10-14-6-8-15(9-7-14)19-12-20(31)30-37(19,34)35;3-2(4,5)1(6)7/h3-9,11,18-19,29H,10,12-13H2,1-2H3,(H,27,28)(H,30,31);(H,6,7). The first-order chi connectivity index (χ1) is 20.0. The fraction of sp³-hybridized carbons (Fsp3) is 0.400. The summed E-state index contributed by atoms with van der Waals surface area (Å²) < 4.78 is 126. The maximum Gasteiger partial charge on any atom is 0.490 e. The minimum Gasteiger partial charge on any atom is -0.475 e. The van der Waals surface area contributed by atoms with Crippen LogP contribution in [0.2, 0.25) is 0 Å². The quantitative estimate of drug-likeness (QED) is 0.326. The Morgan fingerprint density at radius 1 is 1.11 bits per heavy atom. The molecule has 0 radical (unpaired) electrons. The average molecular weight is 673 g/mol. The SMILES string of the molecule is CC1(C)CN=C(C(Cc2ccc(C3CC(=O)NS3(=O)=O)cc2)NS(=O)(=O)c2cccc(C(F)(F)F)c2)N1.O=C(O)C(F)(F)F. The number of alkyl halides is 6. The van der Waals surface area contributed by atoms with Gasteiger partial charge in [0.25, 0.3) is 0 Å². The van der Waals surface area contributed by atoms with Gasteiger partial charge in [-0.15, -0.1) is 0 Å². The first-order valence-electron chi connectivity index (χ1n) is 12.5. The van der Waals surface area contributed by atoms with Crippen molar-refractivity contribution in [1.29, 1.82) is 0 Å². The Morgan fingerprint density at radius 2 is 1.70 bits per heavy atom. The molecule has 2 aromatic carbocycles. The van der Waals surface area contributed by atoms with Crippen molar-refractivity contribution in [2.24, 2.45) is 4.99 Å². The summed E-state index contributed by atoms with van der Waals surface area (Å²) in [6, 6.07) is 8.83. The number of carboxylic acids is 1. The third-order valence-electron chi connectivity index (χ3n) is 6.25. The molecule has 2 unspecified atom stereocenters. The van der Waals surface area contributed by atoms with E-state index in [9.17, 15) is 48.0 Å². The fourth-order valence-electron chi connectivity index (χ4n) is 4.15. The number of benzene rings is 2. The number of rotatable bonds is 7. The Labute approximate surface area is 247 Å². The lowest BCUT2D eigenvalue weighted by Crippen LogP contribution is -2.50. The molecule has 4 N–H and O–H groups in total. The number of amides is 1. The summed E-state index contributed by atoms with van der Waals surface area (Å²) in [6.45, 7) is 4.10. The predicted octanol–water partition coefficient (Wildman–Crippen LogP) is 2.90. The number of aliphatic carboxylic acids is 1. The minimum atomic E-state index is -5.08. The molecule has 1 saturated heterocycles. The number of amidine groups is 1. The van der Waals surface area contributed by atoms with Crippen LogP contribution in [0.25, 0.3) is 0 Å².